The fourth-order valence-electron chi connectivity index (χ4n) is 1.92. The Bertz CT molecular complexity index is 659. The van der Waals surface area contributed by atoms with E-state index in [0.29, 0.717) is 16.9 Å². The molecule has 0 aliphatic rings. The molecule has 0 aliphatic heterocycles. The molecule has 6 heteroatoms. The van der Waals surface area contributed by atoms with Crippen molar-refractivity contribution in [1.82, 2.24) is 0 Å². The quantitative estimate of drug-likeness (QED) is 0.485. The molecule has 2 aromatic rings. The largest absolute Gasteiger partial charge is 0.460 e. The average molecular weight is 275 g/mol. The normalized spacial score (nSPS) is 10.3. The average Bonchev–Trinajstić information content (AvgIpc) is 2.81. The van der Waals surface area contributed by atoms with Crippen molar-refractivity contribution in [2.75, 3.05) is 6.61 Å². The standard InChI is InChI=1S/C14H13NO5/c1-3-19-14(16)13-11(8-9(2)20-13)10-6-4-5-7-12(10)15(17)18/h4-8H,3H2,1-2H3. The number of nitro groups is 1. The van der Waals surface area contributed by atoms with Crippen LogP contribution in [0.5, 0.6) is 0 Å². The zero-order chi connectivity index (χ0) is 14.7. The summed E-state index contributed by atoms with van der Waals surface area (Å²) in [5, 5.41) is 11.1. The first-order valence-electron chi connectivity index (χ1n) is 6.06. The number of ether oxygens (including phenoxy) is 1. The zero-order valence-electron chi connectivity index (χ0n) is 11.1. The van der Waals surface area contributed by atoms with Crippen molar-refractivity contribution < 1.29 is 18.9 Å². The van der Waals surface area contributed by atoms with E-state index in [1.54, 1.807) is 38.1 Å². The monoisotopic (exact) mass is 275 g/mol. The second kappa shape index (κ2) is 5.56. The summed E-state index contributed by atoms with van der Waals surface area (Å²) in [5.41, 5.74) is 0.615. The number of rotatable bonds is 4. The zero-order valence-corrected chi connectivity index (χ0v) is 11.1. The van der Waals surface area contributed by atoms with Crippen molar-refractivity contribution in [3.05, 3.63) is 52.0 Å². The number of para-hydroxylation sites is 1. The van der Waals surface area contributed by atoms with Crippen LogP contribution in [0.1, 0.15) is 23.2 Å². The van der Waals surface area contributed by atoms with Gasteiger partial charge in [-0.05, 0) is 26.0 Å². The third-order valence-corrected chi connectivity index (χ3v) is 2.71. The first-order chi connectivity index (χ1) is 9.54. The van der Waals surface area contributed by atoms with Crippen LogP contribution in [-0.2, 0) is 4.74 Å². The Balaban J connectivity index is 2.59. The van der Waals surface area contributed by atoms with Crippen LogP contribution in [0.15, 0.2) is 34.7 Å². The molecule has 1 aromatic carbocycles. The summed E-state index contributed by atoms with van der Waals surface area (Å²) < 4.78 is 10.2. The number of carbonyl (C=O) groups is 1. The number of nitro benzene ring substituents is 1. The van der Waals surface area contributed by atoms with E-state index in [1.807, 2.05) is 0 Å². The molecular formula is C14H13NO5. The van der Waals surface area contributed by atoms with Crippen molar-refractivity contribution in [2.24, 2.45) is 0 Å². The first kappa shape index (κ1) is 13.8. The Morgan fingerprint density at radius 1 is 1.35 bits per heavy atom. The summed E-state index contributed by atoms with van der Waals surface area (Å²) in [6, 6.07) is 7.78. The lowest BCUT2D eigenvalue weighted by molar-refractivity contribution is -0.384. The second-order valence-electron chi connectivity index (χ2n) is 4.09. The predicted molar refractivity (Wildman–Crippen MR) is 71.5 cm³/mol. The Hall–Kier alpha value is -2.63. The van der Waals surface area contributed by atoms with Crippen molar-refractivity contribution in [3.8, 4) is 11.1 Å². The molecule has 1 aromatic heterocycles. The van der Waals surface area contributed by atoms with Gasteiger partial charge in [0.1, 0.15) is 5.76 Å². The minimum atomic E-state index is -0.631. The Morgan fingerprint density at radius 3 is 2.70 bits per heavy atom. The molecule has 0 bridgehead atoms. The maximum Gasteiger partial charge on any atom is 0.374 e. The summed E-state index contributed by atoms with van der Waals surface area (Å²) in [4.78, 5) is 22.4. The number of hydrogen-bond acceptors (Lipinski definition) is 5. The van der Waals surface area contributed by atoms with Crippen LogP contribution in [0.3, 0.4) is 0 Å². The van der Waals surface area contributed by atoms with Crippen LogP contribution < -0.4 is 0 Å². The number of hydrogen-bond donors (Lipinski definition) is 0. The van der Waals surface area contributed by atoms with Gasteiger partial charge in [0.15, 0.2) is 0 Å². The van der Waals surface area contributed by atoms with Gasteiger partial charge in [-0.2, -0.15) is 0 Å². The van der Waals surface area contributed by atoms with E-state index in [4.69, 9.17) is 9.15 Å². The van der Waals surface area contributed by atoms with Crippen LogP contribution in [0.2, 0.25) is 0 Å². The molecule has 0 amide bonds. The summed E-state index contributed by atoms with van der Waals surface area (Å²) >= 11 is 0. The number of esters is 1. The molecule has 0 saturated heterocycles. The van der Waals surface area contributed by atoms with Gasteiger partial charge in [-0.3, -0.25) is 10.1 Å². The highest BCUT2D eigenvalue weighted by Crippen LogP contribution is 2.34. The van der Waals surface area contributed by atoms with Crippen molar-refractivity contribution >= 4 is 11.7 Å². The number of furan rings is 1. The summed E-state index contributed by atoms with van der Waals surface area (Å²) in [6.07, 6.45) is 0. The highest BCUT2D eigenvalue weighted by atomic mass is 16.6. The fraction of sp³-hybridized carbons (Fsp3) is 0.214. The highest BCUT2D eigenvalue weighted by molar-refractivity contribution is 5.96. The van der Waals surface area contributed by atoms with Crippen LogP contribution in [-0.4, -0.2) is 17.5 Å². The molecular weight excluding hydrogens is 262 g/mol. The third kappa shape index (κ3) is 2.54. The molecule has 0 saturated carbocycles. The van der Waals surface area contributed by atoms with Crippen LogP contribution >= 0.6 is 0 Å². The van der Waals surface area contributed by atoms with Gasteiger partial charge in [-0.1, -0.05) is 12.1 Å². The minimum Gasteiger partial charge on any atom is -0.460 e. The minimum absolute atomic E-state index is 0.0151. The van der Waals surface area contributed by atoms with Crippen molar-refractivity contribution in [1.29, 1.82) is 0 Å². The molecule has 6 nitrogen and oxygen atoms in total. The van der Waals surface area contributed by atoms with Gasteiger partial charge in [-0.15, -0.1) is 0 Å². The lowest BCUT2D eigenvalue weighted by atomic mass is 10.0. The molecule has 0 N–H and O–H groups in total. The number of nitrogens with zero attached hydrogens (tertiary/aromatic N) is 1. The highest BCUT2D eigenvalue weighted by Gasteiger charge is 2.24. The van der Waals surface area contributed by atoms with E-state index < -0.39 is 10.9 Å². The first-order valence-corrected chi connectivity index (χ1v) is 6.06. The summed E-state index contributed by atoms with van der Waals surface area (Å²) in [7, 11) is 0. The summed E-state index contributed by atoms with van der Waals surface area (Å²) in [6.45, 7) is 3.55. The Kier molecular flexibility index (Phi) is 3.84. The Morgan fingerprint density at radius 2 is 2.05 bits per heavy atom. The van der Waals surface area contributed by atoms with Gasteiger partial charge in [0.05, 0.1) is 17.1 Å². The molecule has 104 valence electrons. The van der Waals surface area contributed by atoms with Gasteiger partial charge in [0.2, 0.25) is 5.76 Å². The molecule has 0 aliphatic carbocycles. The maximum absolute atomic E-state index is 11.8. The molecule has 0 unspecified atom stereocenters. The van der Waals surface area contributed by atoms with E-state index in [0.717, 1.165) is 0 Å². The van der Waals surface area contributed by atoms with E-state index >= 15 is 0 Å². The Labute approximate surface area is 115 Å². The fourth-order valence-corrected chi connectivity index (χ4v) is 1.92. The van der Waals surface area contributed by atoms with Crippen LogP contribution in [0, 0.1) is 17.0 Å². The van der Waals surface area contributed by atoms with Gasteiger partial charge < -0.3 is 9.15 Å². The number of aryl methyl sites for hydroxylation is 1. The predicted octanol–water partition coefficient (Wildman–Crippen LogP) is 3.34. The molecule has 0 atom stereocenters. The van der Waals surface area contributed by atoms with E-state index in [2.05, 4.69) is 0 Å². The number of carbonyl (C=O) groups excluding carboxylic acids is 1. The molecule has 0 fully saturated rings. The molecule has 1 heterocycles. The SMILES string of the molecule is CCOC(=O)c1oc(C)cc1-c1ccccc1[N+](=O)[O-]. The summed E-state index contributed by atoms with van der Waals surface area (Å²) in [5.74, 6) is -0.159. The van der Waals surface area contributed by atoms with E-state index in [-0.39, 0.29) is 18.1 Å². The van der Waals surface area contributed by atoms with Gasteiger partial charge in [0, 0.05) is 11.6 Å². The van der Waals surface area contributed by atoms with Crippen molar-refractivity contribution in [3.63, 3.8) is 0 Å². The van der Waals surface area contributed by atoms with Gasteiger partial charge in [-0.25, -0.2) is 4.79 Å². The molecule has 2 rings (SSSR count). The van der Waals surface area contributed by atoms with E-state index in [9.17, 15) is 14.9 Å². The van der Waals surface area contributed by atoms with Crippen LogP contribution in [0.4, 0.5) is 5.69 Å². The maximum atomic E-state index is 11.8. The molecule has 0 radical (unpaired) electrons. The third-order valence-electron chi connectivity index (χ3n) is 2.71. The molecule has 20 heavy (non-hydrogen) atoms. The van der Waals surface area contributed by atoms with Crippen LogP contribution in [0.25, 0.3) is 11.1 Å². The second-order valence-corrected chi connectivity index (χ2v) is 4.09. The smallest absolute Gasteiger partial charge is 0.374 e. The number of benzene rings is 1. The molecule has 0 spiro atoms. The van der Waals surface area contributed by atoms with Crippen molar-refractivity contribution in [2.45, 2.75) is 13.8 Å². The van der Waals surface area contributed by atoms with Gasteiger partial charge >= 0.3 is 5.97 Å². The van der Waals surface area contributed by atoms with Gasteiger partial charge in [0.25, 0.3) is 5.69 Å². The topological polar surface area (TPSA) is 82.6 Å². The van der Waals surface area contributed by atoms with E-state index in [1.165, 1.54) is 6.07 Å². The lowest BCUT2D eigenvalue weighted by Crippen LogP contribution is -2.05. The lowest BCUT2D eigenvalue weighted by Gasteiger charge is -2.03.